The minimum absolute atomic E-state index is 0.0439. The van der Waals surface area contributed by atoms with Gasteiger partial charge in [0.15, 0.2) is 0 Å². The molecule has 0 aliphatic carbocycles. The zero-order valence-corrected chi connectivity index (χ0v) is 14.7. The highest BCUT2D eigenvalue weighted by atomic mass is 16.5. The monoisotopic (exact) mass is 345 g/mol. The van der Waals surface area contributed by atoms with E-state index in [-0.39, 0.29) is 24.9 Å². The van der Waals surface area contributed by atoms with Crippen molar-refractivity contribution in [3.05, 3.63) is 29.8 Å². The molecule has 25 heavy (non-hydrogen) atoms. The Morgan fingerprint density at radius 2 is 1.80 bits per heavy atom. The number of hydrogen-bond acceptors (Lipinski definition) is 4. The number of piperidine rings is 1. The maximum absolute atomic E-state index is 11.8. The van der Waals surface area contributed by atoms with Crippen molar-refractivity contribution < 1.29 is 14.3 Å². The molecule has 1 aromatic carbocycles. The van der Waals surface area contributed by atoms with Crippen LogP contribution >= 0.6 is 0 Å². The summed E-state index contributed by atoms with van der Waals surface area (Å²) in [6, 6.07) is 7.79. The number of nitrogens with zero attached hydrogens (tertiary/aromatic N) is 2. The van der Waals surface area contributed by atoms with Crippen LogP contribution in [0.4, 0.5) is 0 Å². The lowest BCUT2D eigenvalue weighted by atomic mass is 10.1. The highest BCUT2D eigenvalue weighted by molar-refractivity contribution is 5.92. The first-order valence-corrected chi connectivity index (χ1v) is 9.19. The molecule has 2 fully saturated rings. The Hall–Kier alpha value is -2.08. The van der Waals surface area contributed by atoms with Crippen LogP contribution in [-0.4, -0.2) is 60.9 Å². The molecule has 0 aromatic heterocycles. The maximum atomic E-state index is 11.8. The van der Waals surface area contributed by atoms with Crippen LogP contribution in [0.1, 0.15) is 31.2 Å². The van der Waals surface area contributed by atoms with Crippen LogP contribution in [0.2, 0.25) is 0 Å². The van der Waals surface area contributed by atoms with E-state index < -0.39 is 0 Å². The SMILES string of the molecule is O=C1CN(Cc2ccc(OCCCN3CCCCC3)cc2)C(=O)CN1. The number of hydrogen-bond donors (Lipinski definition) is 1. The van der Waals surface area contributed by atoms with Gasteiger partial charge in [-0.1, -0.05) is 18.6 Å². The van der Waals surface area contributed by atoms with E-state index in [4.69, 9.17) is 4.74 Å². The number of ether oxygens (including phenoxy) is 1. The van der Waals surface area contributed by atoms with E-state index >= 15 is 0 Å². The van der Waals surface area contributed by atoms with E-state index in [9.17, 15) is 9.59 Å². The van der Waals surface area contributed by atoms with Gasteiger partial charge in [0.05, 0.1) is 19.7 Å². The Balaban J connectivity index is 1.39. The van der Waals surface area contributed by atoms with Crippen molar-refractivity contribution in [2.45, 2.75) is 32.2 Å². The van der Waals surface area contributed by atoms with Crippen molar-refractivity contribution in [1.82, 2.24) is 15.1 Å². The van der Waals surface area contributed by atoms with Crippen molar-refractivity contribution in [2.24, 2.45) is 0 Å². The number of benzene rings is 1. The van der Waals surface area contributed by atoms with E-state index in [1.165, 1.54) is 32.4 Å². The third-order valence-corrected chi connectivity index (χ3v) is 4.76. The van der Waals surface area contributed by atoms with Crippen LogP contribution in [0.25, 0.3) is 0 Å². The molecule has 0 atom stereocenters. The highest BCUT2D eigenvalue weighted by Gasteiger charge is 2.22. The third kappa shape index (κ3) is 5.46. The molecule has 0 bridgehead atoms. The predicted molar refractivity (Wildman–Crippen MR) is 95.3 cm³/mol. The Bertz CT molecular complexity index is 582. The largest absolute Gasteiger partial charge is 0.494 e. The fourth-order valence-electron chi connectivity index (χ4n) is 3.32. The Labute approximate surface area is 149 Å². The van der Waals surface area contributed by atoms with Crippen molar-refractivity contribution in [3.63, 3.8) is 0 Å². The van der Waals surface area contributed by atoms with Gasteiger partial charge in [-0.25, -0.2) is 0 Å². The summed E-state index contributed by atoms with van der Waals surface area (Å²) in [6.07, 6.45) is 5.05. The number of nitrogens with one attached hydrogen (secondary N) is 1. The fourth-order valence-corrected chi connectivity index (χ4v) is 3.32. The molecular weight excluding hydrogens is 318 g/mol. The van der Waals surface area contributed by atoms with Crippen molar-refractivity contribution in [2.75, 3.05) is 39.3 Å². The van der Waals surface area contributed by atoms with E-state index in [1.807, 2.05) is 24.3 Å². The molecule has 136 valence electrons. The first-order chi connectivity index (χ1) is 12.2. The van der Waals surface area contributed by atoms with Gasteiger partial charge in [0, 0.05) is 13.1 Å². The van der Waals surface area contributed by atoms with E-state index in [2.05, 4.69) is 10.2 Å². The summed E-state index contributed by atoms with van der Waals surface area (Å²) in [7, 11) is 0. The molecule has 2 aliphatic rings. The molecule has 6 heteroatoms. The average Bonchev–Trinajstić information content (AvgIpc) is 2.64. The molecule has 1 aromatic rings. The Kier molecular flexibility index (Phi) is 6.28. The van der Waals surface area contributed by atoms with Crippen molar-refractivity contribution in [3.8, 4) is 5.75 Å². The highest BCUT2D eigenvalue weighted by Crippen LogP contribution is 2.15. The van der Waals surface area contributed by atoms with Gasteiger partial charge in [-0.05, 0) is 50.0 Å². The molecule has 0 radical (unpaired) electrons. The van der Waals surface area contributed by atoms with Crippen molar-refractivity contribution >= 4 is 11.8 Å². The molecule has 0 spiro atoms. The number of rotatable bonds is 7. The van der Waals surface area contributed by atoms with Crippen LogP contribution in [0.15, 0.2) is 24.3 Å². The topological polar surface area (TPSA) is 61.9 Å². The standard InChI is InChI=1S/C19H27N3O3/c23-18-15-22(19(24)13-20-18)14-16-5-7-17(8-6-16)25-12-4-11-21-9-2-1-3-10-21/h5-8H,1-4,9-15H2,(H,20,23). The molecule has 2 aliphatic heterocycles. The number of amides is 2. The minimum Gasteiger partial charge on any atom is -0.494 e. The number of carbonyl (C=O) groups excluding carboxylic acids is 2. The summed E-state index contributed by atoms with van der Waals surface area (Å²) in [4.78, 5) is 27.3. The minimum atomic E-state index is -0.103. The van der Waals surface area contributed by atoms with Crippen LogP contribution in [-0.2, 0) is 16.1 Å². The second-order valence-corrected chi connectivity index (χ2v) is 6.77. The second-order valence-electron chi connectivity index (χ2n) is 6.77. The normalized spacial score (nSPS) is 19.0. The zero-order chi connectivity index (χ0) is 17.5. The summed E-state index contributed by atoms with van der Waals surface area (Å²) in [6.45, 7) is 4.97. The average molecular weight is 345 g/mol. The lowest BCUT2D eigenvalue weighted by Crippen LogP contribution is -2.50. The van der Waals surface area contributed by atoms with E-state index in [0.717, 1.165) is 30.9 Å². The van der Waals surface area contributed by atoms with Gasteiger partial charge in [0.1, 0.15) is 5.75 Å². The predicted octanol–water partition coefficient (Wildman–Crippen LogP) is 1.40. The second kappa shape index (κ2) is 8.85. The van der Waals surface area contributed by atoms with Gasteiger partial charge in [-0.3, -0.25) is 9.59 Å². The summed E-state index contributed by atoms with van der Waals surface area (Å²) in [5.74, 6) is 0.705. The molecule has 1 N–H and O–H groups in total. The first kappa shape index (κ1) is 17.7. The summed E-state index contributed by atoms with van der Waals surface area (Å²) in [5.41, 5.74) is 1.00. The molecular formula is C19H27N3O3. The zero-order valence-electron chi connectivity index (χ0n) is 14.7. The van der Waals surface area contributed by atoms with Gasteiger partial charge < -0.3 is 19.9 Å². The Morgan fingerprint density at radius 3 is 2.56 bits per heavy atom. The lowest BCUT2D eigenvalue weighted by Gasteiger charge is -2.26. The van der Waals surface area contributed by atoms with Gasteiger partial charge >= 0.3 is 0 Å². The van der Waals surface area contributed by atoms with Gasteiger partial charge in [0.25, 0.3) is 0 Å². The van der Waals surface area contributed by atoms with Crippen LogP contribution in [0, 0.1) is 0 Å². The van der Waals surface area contributed by atoms with Crippen LogP contribution in [0.5, 0.6) is 5.75 Å². The number of carbonyl (C=O) groups is 2. The quantitative estimate of drug-likeness (QED) is 0.759. The van der Waals surface area contributed by atoms with Gasteiger partial charge in [0.2, 0.25) is 11.8 Å². The molecule has 2 amide bonds. The first-order valence-electron chi connectivity index (χ1n) is 9.19. The van der Waals surface area contributed by atoms with Gasteiger partial charge in [-0.2, -0.15) is 0 Å². The summed E-state index contributed by atoms with van der Waals surface area (Å²) < 4.78 is 5.81. The van der Waals surface area contributed by atoms with E-state index in [1.54, 1.807) is 4.90 Å². The van der Waals surface area contributed by atoms with E-state index in [0.29, 0.717) is 6.54 Å². The number of piperazine rings is 1. The molecule has 0 unspecified atom stereocenters. The van der Waals surface area contributed by atoms with Gasteiger partial charge in [-0.15, -0.1) is 0 Å². The Morgan fingerprint density at radius 1 is 1.04 bits per heavy atom. The molecule has 3 rings (SSSR count). The molecule has 2 saturated heterocycles. The van der Waals surface area contributed by atoms with Crippen molar-refractivity contribution in [1.29, 1.82) is 0 Å². The smallest absolute Gasteiger partial charge is 0.242 e. The van der Waals surface area contributed by atoms with Crippen LogP contribution < -0.4 is 10.1 Å². The lowest BCUT2D eigenvalue weighted by molar-refractivity contribution is -0.141. The maximum Gasteiger partial charge on any atom is 0.242 e. The molecule has 6 nitrogen and oxygen atoms in total. The summed E-state index contributed by atoms with van der Waals surface area (Å²) >= 11 is 0. The summed E-state index contributed by atoms with van der Waals surface area (Å²) in [5, 5.41) is 2.56. The molecule has 0 saturated carbocycles. The number of likely N-dealkylation sites (tertiary alicyclic amines) is 1. The molecule has 2 heterocycles. The van der Waals surface area contributed by atoms with Crippen LogP contribution in [0.3, 0.4) is 0 Å². The fraction of sp³-hybridized carbons (Fsp3) is 0.579. The third-order valence-electron chi connectivity index (χ3n) is 4.76.